The lowest BCUT2D eigenvalue weighted by Crippen LogP contribution is -2.66. The van der Waals surface area contributed by atoms with Crippen molar-refractivity contribution in [3.05, 3.63) is 0 Å². The molecule has 6 aliphatic rings. The van der Waals surface area contributed by atoms with Gasteiger partial charge < -0.3 is 15.5 Å². The number of nitrogens with zero attached hydrogens (tertiary/aromatic N) is 1. The molecular weight excluding hydrogens is 292 g/mol. The van der Waals surface area contributed by atoms with Crippen LogP contribution >= 0.6 is 0 Å². The van der Waals surface area contributed by atoms with E-state index in [1.165, 1.54) is 6.42 Å². The molecule has 5 heteroatoms. The minimum absolute atomic E-state index is 0.131. The second-order valence-electron chi connectivity index (χ2n) is 9.16. The van der Waals surface area contributed by atoms with E-state index >= 15 is 0 Å². The number of carbonyl (C=O) groups excluding carboxylic acids is 1. The summed E-state index contributed by atoms with van der Waals surface area (Å²) in [5.74, 6) is 1.50. The van der Waals surface area contributed by atoms with Gasteiger partial charge >= 0.3 is 0 Å². The lowest BCUT2D eigenvalue weighted by atomic mass is 9.51. The first-order valence-electron chi connectivity index (χ1n) is 9.24. The van der Waals surface area contributed by atoms with E-state index in [-0.39, 0.29) is 11.4 Å². The molecule has 23 heavy (non-hydrogen) atoms. The Morgan fingerprint density at radius 2 is 1.74 bits per heavy atom. The molecular formula is C18H26N2O3. The van der Waals surface area contributed by atoms with Gasteiger partial charge in [0.15, 0.2) is 0 Å². The molecule has 4 bridgehead atoms. The predicted octanol–water partition coefficient (Wildman–Crippen LogP) is 1.52. The fourth-order valence-corrected chi connectivity index (χ4v) is 6.88. The molecule has 5 saturated carbocycles. The molecule has 1 spiro atoms. The summed E-state index contributed by atoms with van der Waals surface area (Å²) >= 11 is 0. The first-order valence-corrected chi connectivity index (χ1v) is 9.24. The Labute approximate surface area is 136 Å². The first kappa shape index (κ1) is 14.4. The number of rotatable bonds is 1. The Balaban J connectivity index is 1.42. The van der Waals surface area contributed by atoms with Crippen LogP contribution in [-0.2, 0) is 4.79 Å². The minimum atomic E-state index is -0.778. The summed E-state index contributed by atoms with van der Waals surface area (Å²) in [6, 6.07) is 0. The van der Waals surface area contributed by atoms with E-state index in [1.807, 2.05) is 0 Å². The highest BCUT2D eigenvalue weighted by molar-refractivity contribution is 6.08. The standard InChI is InChI=1S/C18H26N2O3/c21-13-14(19-15(22)18(13)3-1-2-4-18)20-16-6-11-5-12(7-16)9-17(23,8-11)10-16/h11-13,21,23H,1-10H2,(H,19,20,22). The van der Waals surface area contributed by atoms with Gasteiger partial charge in [-0.3, -0.25) is 4.79 Å². The number of aliphatic hydroxyl groups excluding tert-OH is 1. The third-order valence-corrected chi connectivity index (χ3v) is 7.35. The molecule has 0 saturated heterocycles. The number of hydrogen-bond acceptors (Lipinski definition) is 4. The van der Waals surface area contributed by atoms with E-state index in [1.54, 1.807) is 0 Å². The van der Waals surface area contributed by atoms with Gasteiger partial charge in [0.25, 0.3) is 5.91 Å². The summed E-state index contributed by atoms with van der Waals surface area (Å²) in [6.07, 6.45) is 8.62. The fourth-order valence-electron chi connectivity index (χ4n) is 6.88. The summed E-state index contributed by atoms with van der Waals surface area (Å²) in [5.41, 5.74) is -1.36. The number of aliphatic imine (C=N–C) groups is 1. The van der Waals surface area contributed by atoms with Gasteiger partial charge in [0.1, 0.15) is 11.9 Å². The van der Waals surface area contributed by atoms with Crippen LogP contribution in [0.4, 0.5) is 0 Å². The summed E-state index contributed by atoms with van der Waals surface area (Å²) in [4.78, 5) is 16.7. The number of hydrogen-bond donors (Lipinski definition) is 3. The van der Waals surface area contributed by atoms with Crippen LogP contribution in [0.1, 0.15) is 64.2 Å². The highest BCUT2D eigenvalue weighted by Crippen LogP contribution is 2.58. The maximum atomic E-state index is 12.4. The van der Waals surface area contributed by atoms with E-state index in [9.17, 15) is 15.0 Å². The fraction of sp³-hybridized carbons (Fsp3) is 0.889. The molecule has 5 aliphatic carbocycles. The summed E-state index contributed by atoms with van der Waals surface area (Å²) in [5, 5.41) is 25.2. The number of amidine groups is 1. The topological polar surface area (TPSA) is 81.9 Å². The summed E-state index contributed by atoms with van der Waals surface area (Å²) in [7, 11) is 0. The predicted molar refractivity (Wildman–Crippen MR) is 84.8 cm³/mol. The quantitative estimate of drug-likeness (QED) is 0.684. The number of aliphatic hydroxyl groups is 2. The van der Waals surface area contributed by atoms with Gasteiger partial charge in [-0.05, 0) is 63.2 Å². The highest BCUT2D eigenvalue weighted by Gasteiger charge is 2.60. The molecule has 3 N–H and O–H groups in total. The molecule has 5 fully saturated rings. The van der Waals surface area contributed by atoms with Gasteiger partial charge in [0.05, 0.1) is 11.0 Å². The normalized spacial score (nSPS) is 49.9. The van der Waals surface area contributed by atoms with Gasteiger partial charge in [-0.2, -0.15) is 4.99 Å². The molecule has 3 unspecified atom stereocenters. The Morgan fingerprint density at radius 3 is 2.35 bits per heavy atom. The number of nitrogens with one attached hydrogen (secondary N) is 1. The van der Waals surface area contributed by atoms with Crippen LogP contribution in [0, 0.1) is 17.3 Å². The van der Waals surface area contributed by atoms with Crippen LogP contribution in [0.2, 0.25) is 0 Å². The van der Waals surface area contributed by atoms with Gasteiger partial charge in [0.2, 0.25) is 0 Å². The van der Waals surface area contributed by atoms with Crippen LogP contribution in [0.3, 0.4) is 0 Å². The van der Waals surface area contributed by atoms with Crippen LogP contribution < -0.4 is 5.32 Å². The molecule has 3 atom stereocenters. The number of amides is 1. The van der Waals surface area contributed by atoms with Gasteiger partial charge in [-0.25, -0.2) is 0 Å². The largest absolute Gasteiger partial charge is 0.390 e. The molecule has 6 rings (SSSR count). The molecule has 0 aromatic rings. The molecule has 1 amide bonds. The van der Waals surface area contributed by atoms with Crippen molar-refractivity contribution in [2.75, 3.05) is 0 Å². The van der Waals surface area contributed by atoms with Gasteiger partial charge in [0, 0.05) is 5.54 Å². The molecule has 1 aliphatic heterocycles. The molecule has 1 heterocycles. The summed E-state index contributed by atoms with van der Waals surface area (Å²) < 4.78 is 0. The van der Waals surface area contributed by atoms with Crippen molar-refractivity contribution in [3.8, 4) is 0 Å². The number of carbonyl (C=O) groups is 1. The molecule has 0 radical (unpaired) electrons. The zero-order chi connectivity index (χ0) is 15.9. The third-order valence-electron chi connectivity index (χ3n) is 7.35. The van der Waals surface area contributed by atoms with Crippen molar-refractivity contribution >= 4 is 11.7 Å². The second kappa shape index (κ2) is 4.37. The molecule has 126 valence electrons. The lowest BCUT2D eigenvalue weighted by molar-refractivity contribution is -0.138. The van der Waals surface area contributed by atoms with Crippen LogP contribution in [0.5, 0.6) is 0 Å². The van der Waals surface area contributed by atoms with E-state index in [0.29, 0.717) is 17.7 Å². The minimum Gasteiger partial charge on any atom is -0.390 e. The third kappa shape index (κ3) is 1.92. The second-order valence-corrected chi connectivity index (χ2v) is 9.16. The summed E-state index contributed by atoms with van der Waals surface area (Å²) in [6.45, 7) is 0. The first-order chi connectivity index (χ1) is 10.9. The molecule has 0 aromatic heterocycles. The maximum absolute atomic E-state index is 12.4. The smallest absolute Gasteiger partial charge is 0.256 e. The van der Waals surface area contributed by atoms with Crippen LogP contribution in [-0.4, -0.2) is 39.2 Å². The highest BCUT2D eigenvalue weighted by atomic mass is 16.3. The van der Waals surface area contributed by atoms with Crippen LogP contribution in [0.25, 0.3) is 0 Å². The van der Waals surface area contributed by atoms with Crippen molar-refractivity contribution in [3.63, 3.8) is 0 Å². The zero-order valence-corrected chi connectivity index (χ0v) is 13.6. The van der Waals surface area contributed by atoms with Crippen molar-refractivity contribution in [2.24, 2.45) is 22.2 Å². The lowest BCUT2D eigenvalue weighted by Gasteiger charge is -2.60. The van der Waals surface area contributed by atoms with Crippen LogP contribution in [0.15, 0.2) is 4.99 Å². The molecule has 5 nitrogen and oxygen atoms in total. The SMILES string of the molecule is O=C1N=C(NC23CC4CC(CC(O)(C4)C2)C3)C(O)C12CCCC2. The van der Waals surface area contributed by atoms with Crippen molar-refractivity contribution in [1.82, 2.24) is 5.32 Å². The Morgan fingerprint density at radius 1 is 1.09 bits per heavy atom. The Kier molecular flexibility index (Phi) is 2.73. The van der Waals surface area contributed by atoms with Crippen molar-refractivity contribution in [2.45, 2.75) is 81.5 Å². The maximum Gasteiger partial charge on any atom is 0.256 e. The zero-order valence-electron chi connectivity index (χ0n) is 13.6. The average Bonchev–Trinajstić information content (AvgIpc) is 3.00. The van der Waals surface area contributed by atoms with E-state index in [2.05, 4.69) is 10.3 Å². The van der Waals surface area contributed by atoms with Gasteiger partial charge in [-0.15, -0.1) is 0 Å². The van der Waals surface area contributed by atoms with E-state index in [4.69, 9.17) is 0 Å². The average molecular weight is 318 g/mol. The van der Waals surface area contributed by atoms with E-state index in [0.717, 1.165) is 57.8 Å². The Bertz CT molecular complexity index is 579. The van der Waals surface area contributed by atoms with Gasteiger partial charge in [-0.1, -0.05) is 12.8 Å². The van der Waals surface area contributed by atoms with Crippen molar-refractivity contribution in [1.29, 1.82) is 0 Å². The van der Waals surface area contributed by atoms with E-state index < -0.39 is 17.1 Å². The van der Waals surface area contributed by atoms with Crippen molar-refractivity contribution < 1.29 is 15.0 Å². The monoisotopic (exact) mass is 318 g/mol. The Hall–Kier alpha value is -0.940. The molecule has 0 aromatic carbocycles.